The quantitative estimate of drug-likeness (QED) is 0.671. The number of urea groups is 1. The molecule has 0 spiro atoms. The molecule has 1 atom stereocenters. The number of rotatable bonds is 4. The summed E-state index contributed by atoms with van der Waals surface area (Å²) >= 11 is 5.95. The van der Waals surface area contributed by atoms with Crippen LogP contribution in [0.15, 0.2) is 60.8 Å². The van der Waals surface area contributed by atoms with Crippen molar-refractivity contribution in [3.63, 3.8) is 0 Å². The van der Waals surface area contributed by atoms with Crippen molar-refractivity contribution < 1.29 is 14.3 Å². The predicted octanol–water partition coefficient (Wildman–Crippen LogP) is 4.80. The highest BCUT2D eigenvalue weighted by Gasteiger charge is 2.34. The molecule has 1 aromatic heterocycles. The van der Waals surface area contributed by atoms with Gasteiger partial charge >= 0.3 is 6.03 Å². The third-order valence-electron chi connectivity index (χ3n) is 5.13. The van der Waals surface area contributed by atoms with Crippen LogP contribution in [0.2, 0.25) is 5.02 Å². The predicted molar refractivity (Wildman–Crippen MR) is 113 cm³/mol. The van der Waals surface area contributed by atoms with Crippen LogP contribution in [0.5, 0.6) is 11.5 Å². The number of benzene rings is 2. The smallest absolute Gasteiger partial charge is 0.322 e. The van der Waals surface area contributed by atoms with Crippen molar-refractivity contribution in [1.82, 2.24) is 9.47 Å². The van der Waals surface area contributed by atoms with Gasteiger partial charge in [0.05, 0.1) is 14.2 Å². The molecule has 0 saturated heterocycles. The SMILES string of the molecule is COc1ccc(OC)c([C@H]2c3cccn3CCN2C(=O)Nc2ccc(Cl)cc2)c1. The molecule has 1 aliphatic rings. The fourth-order valence-corrected chi connectivity index (χ4v) is 3.84. The van der Waals surface area contributed by atoms with Crippen LogP contribution in [-0.2, 0) is 6.54 Å². The molecule has 0 unspecified atom stereocenters. The van der Waals surface area contributed by atoms with E-state index in [0.29, 0.717) is 28.8 Å². The molecule has 1 aliphatic heterocycles. The van der Waals surface area contributed by atoms with E-state index in [2.05, 4.69) is 9.88 Å². The summed E-state index contributed by atoms with van der Waals surface area (Å²) < 4.78 is 13.2. The number of carbonyl (C=O) groups is 1. The van der Waals surface area contributed by atoms with E-state index in [1.807, 2.05) is 41.4 Å². The van der Waals surface area contributed by atoms with Gasteiger partial charge in [-0.3, -0.25) is 0 Å². The van der Waals surface area contributed by atoms with E-state index in [9.17, 15) is 4.79 Å². The van der Waals surface area contributed by atoms with Gasteiger partial charge in [-0.1, -0.05) is 11.6 Å². The van der Waals surface area contributed by atoms with Gasteiger partial charge in [0, 0.05) is 41.3 Å². The van der Waals surface area contributed by atoms with Crippen LogP contribution in [0.3, 0.4) is 0 Å². The summed E-state index contributed by atoms with van der Waals surface area (Å²) in [5.74, 6) is 1.41. The normalized spacial score (nSPS) is 15.6. The van der Waals surface area contributed by atoms with Crippen molar-refractivity contribution in [2.24, 2.45) is 0 Å². The molecule has 4 rings (SSSR count). The van der Waals surface area contributed by atoms with E-state index >= 15 is 0 Å². The van der Waals surface area contributed by atoms with Gasteiger partial charge in [0.1, 0.15) is 17.5 Å². The van der Waals surface area contributed by atoms with Crippen molar-refractivity contribution in [2.75, 3.05) is 26.1 Å². The van der Waals surface area contributed by atoms with Crippen molar-refractivity contribution in [2.45, 2.75) is 12.6 Å². The van der Waals surface area contributed by atoms with Crippen molar-refractivity contribution in [3.8, 4) is 11.5 Å². The standard InChI is InChI=1S/C22H22ClN3O3/c1-28-17-9-10-20(29-2)18(14-17)21-19-4-3-11-25(19)12-13-26(21)22(27)24-16-7-5-15(23)6-8-16/h3-11,14,21H,12-13H2,1-2H3,(H,24,27)/t21-/m0/s1. The first kappa shape index (κ1) is 19.2. The van der Waals surface area contributed by atoms with E-state index in [0.717, 1.165) is 17.8 Å². The molecule has 0 fully saturated rings. The Kier molecular flexibility index (Phi) is 5.36. The molecule has 2 heterocycles. The van der Waals surface area contributed by atoms with Gasteiger partial charge < -0.3 is 24.3 Å². The van der Waals surface area contributed by atoms with Crippen LogP contribution < -0.4 is 14.8 Å². The molecular weight excluding hydrogens is 390 g/mol. The first-order valence-corrected chi connectivity index (χ1v) is 9.68. The second-order valence-electron chi connectivity index (χ2n) is 6.77. The maximum Gasteiger partial charge on any atom is 0.322 e. The Morgan fingerprint density at radius 1 is 1.07 bits per heavy atom. The number of fused-ring (bicyclic) bond motifs is 1. The van der Waals surface area contributed by atoms with E-state index in [-0.39, 0.29) is 12.1 Å². The van der Waals surface area contributed by atoms with Crippen molar-refractivity contribution in [1.29, 1.82) is 0 Å². The molecular formula is C22H22ClN3O3. The molecule has 7 heteroatoms. The van der Waals surface area contributed by atoms with E-state index in [1.54, 1.807) is 38.5 Å². The first-order chi connectivity index (χ1) is 14.1. The lowest BCUT2D eigenvalue weighted by atomic mass is 9.98. The first-order valence-electron chi connectivity index (χ1n) is 9.31. The molecule has 2 amide bonds. The van der Waals surface area contributed by atoms with Crippen LogP contribution in [0, 0.1) is 0 Å². The zero-order valence-electron chi connectivity index (χ0n) is 16.3. The van der Waals surface area contributed by atoms with Crippen LogP contribution in [-0.4, -0.2) is 36.3 Å². The number of amides is 2. The second-order valence-corrected chi connectivity index (χ2v) is 7.20. The fourth-order valence-electron chi connectivity index (χ4n) is 3.71. The number of carbonyl (C=O) groups excluding carboxylic acids is 1. The Hall–Kier alpha value is -3.12. The van der Waals surface area contributed by atoms with Gasteiger partial charge in [0.2, 0.25) is 0 Å². The summed E-state index contributed by atoms with van der Waals surface area (Å²) in [4.78, 5) is 15.0. The Morgan fingerprint density at radius 2 is 1.86 bits per heavy atom. The van der Waals surface area contributed by atoms with Gasteiger partial charge in [-0.2, -0.15) is 0 Å². The summed E-state index contributed by atoms with van der Waals surface area (Å²) in [7, 11) is 3.26. The average Bonchev–Trinajstić information content (AvgIpc) is 3.23. The lowest BCUT2D eigenvalue weighted by Crippen LogP contribution is -2.44. The van der Waals surface area contributed by atoms with Crippen LogP contribution in [0.1, 0.15) is 17.3 Å². The molecule has 0 bridgehead atoms. The number of anilines is 1. The number of hydrogen-bond donors (Lipinski definition) is 1. The van der Waals surface area contributed by atoms with Gasteiger partial charge in [0.25, 0.3) is 0 Å². The highest BCUT2D eigenvalue weighted by Crippen LogP contribution is 2.39. The molecule has 0 radical (unpaired) electrons. The highest BCUT2D eigenvalue weighted by molar-refractivity contribution is 6.30. The maximum atomic E-state index is 13.2. The summed E-state index contributed by atoms with van der Waals surface area (Å²) in [5.41, 5.74) is 2.59. The number of nitrogens with one attached hydrogen (secondary N) is 1. The largest absolute Gasteiger partial charge is 0.497 e. The second kappa shape index (κ2) is 8.09. The average molecular weight is 412 g/mol. The highest BCUT2D eigenvalue weighted by atomic mass is 35.5. The van der Waals surface area contributed by atoms with E-state index in [4.69, 9.17) is 21.1 Å². The third-order valence-corrected chi connectivity index (χ3v) is 5.38. The zero-order valence-corrected chi connectivity index (χ0v) is 17.0. The van der Waals surface area contributed by atoms with Crippen molar-refractivity contribution in [3.05, 3.63) is 77.1 Å². The van der Waals surface area contributed by atoms with Crippen LogP contribution in [0.4, 0.5) is 10.5 Å². The fraction of sp³-hybridized carbons (Fsp3) is 0.227. The number of ether oxygens (including phenoxy) is 2. The molecule has 0 aliphatic carbocycles. The summed E-state index contributed by atoms with van der Waals surface area (Å²) in [6.07, 6.45) is 2.03. The van der Waals surface area contributed by atoms with Gasteiger partial charge in [-0.25, -0.2) is 4.79 Å². The van der Waals surface area contributed by atoms with Crippen LogP contribution >= 0.6 is 11.6 Å². The molecule has 1 N–H and O–H groups in total. The lowest BCUT2D eigenvalue weighted by molar-refractivity contribution is 0.180. The minimum Gasteiger partial charge on any atom is -0.497 e. The monoisotopic (exact) mass is 411 g/mol. The van der Waals surface area contributed by atoms with Crippen LogP contribution in [0.25, 0.3) is 0 Å². The lowest BCUT2D eigenvalue weighted by Gasteiger charge is -2.37. The molecule has 29 heavy (non-hydrogen) atoms. The molecule has 2 aromatic carbocycles. The van der Waals surface area contributed by atoms with Gasteiger partial charge in [0.15, 0.2) is 0 Å². The Balaban J connectivity index is 1.73. The Morgan fingerprint density at radius 3 is 2.59 bits per heavy atom. The number of halogens is 1. The summed E-state index contributed by atoms with van der Waals surface area (Å²) in [5, 5.41) is 3.60. The number of nitrogens with zero attached hydrogens (tertiary/aromatic N) is 2. The number of aromatic nitrogens is 1. The number of hydrogen-bond acceptors (Lipinski definition) is 3. The third kappa shape index (κ3) is 3.76. The topological polar surface area (TPSA) is 55.7 Å². The molecule has 150 valence electrons. The maximum absolute atomic E-state index is 13.2. The van der Waals surface area contributed by atoms with Crippen molar-refractivity contribution >= 4 is 23.3 Å². The van der Waals surface area contributed by atoms with E-state index < -0.39 is 0 Å². The molecule has 0 saturated carbocycles. The van der Waals surface area contributed by atoms with Gasteiger partial charge in [-0.15, -0.1) is 0 Å². The molecule has 6 nitrogen and oxygen atoms in total. The Labute approximate surface area is 174 Å². The van der Waals surface area contributed by atoms with Gasteiger partial charge in [-0.05, 0) is 54.6 Å². The van der Waals surface area contributed by atoms with E-state index in [1.165, 1.54) is 0 Å². The molecule has 3 aromatic rings. The minimum absolute atomic E-state index is 0.186. The Bertz CT molecular complexity index is 1020. The summed E-state index contributed by atoms with van der Waals surface area (Å²) in [6.45, 7) is 1.28. The zero-order chi connectivity index (χ0) is 20.4. The summed E-state index contributed by atoms with van der Waals surface area (Å²) in [6, 6.07) is 16.2. The minimum atomic E-state index is -0.309. The number of methoxy groups -OCH3 is 2.